The number of esters is 1. The predicted molar refractivity (Wildman–Crippen MR) is 124 cm³/mol. The summed E-state index contributed by atoms with van der Waals surface area (Å²) in [6.45, 7) is 8.39. The number of hydrogen-bond donors (Lipinski definition) is 1. The maximum atomic E-state index is 13.5. The Labute approximate surface area is 196 Å². The smallest absolute Gasteiger partial charge is 0.343 e. The van der Waals surface area contributed by atoms with Crippen LogP contribution >= 0.6 is 0 Å². The minimum atomic E-state index is -1.84. The third kappa shape index (κ3) is 2.66. The lowest BCUT2D eigenvalue weighted by molar-refractivity contribution is -0.172. The Bertz CT molecular complexity index is 1470. The molecular formula is C26H26N2O6. The van der Waals surface area contributed by atoms with E-state index in [-0.39, 0.29) is 24.7 Å². The first-order valence-corrected chi connectivity index (χ1v) is 11.7. The van der Waals surface area contributed by atoms with Crippen molar-refractivity contribution >= 4 is 16.9 Å². The third-order valence-corrected chi connectivity index (χ3v) is 7.14. The number of rotatable bonds is 3. The van der Waals surface area contributed by atoms with Crippen LogP contribution in [0, 0.1) is 6.92 Å². The highest BCUT2D eigenvalue weighted by molar-refractivity contribution is 5.96. The molecule has 2 aromatic heterocycles. The number of pyridine rings is 2. The fraction of sp³-hybridized carbons (Fsp3) is 0.423. The van der Waals surface area contributed by atoms with Crippen LogP contribution in [0.5, 0.6) is 11.5 Å². The van der Waals surface area contributed by atoms with E-state index in [4.69, 9.17) is 19.2 Å². The lowest BCUT2D eigenvalue weighted by Crippen LogP contribution is -2.44. The first kappa shape index (κ1) is 21.2. The second-order valence-electron chi connectivity index (χ2n) is 9.53. The van der Waals surface area contributed by atoms with Crippen molar-refractivity contribution in [1.29, 1.82) is 0 Å². The van der Waals surface area contributed by atoms with Crippen LogP contribution in [0.25, 0.3) is 22.3 Å². The molecule has 0 radical (unpaired) electrons. The number of benzene rings is 1. The van der Waals surface area contributed by atoms with Crippen LogP contribution in [-0.4, -0.2) is 33.3 Å². The SMILES string of the molecule is CC[C@@]1(O)C(=O)OCc2c1cc1n(c2=O)Cc2c-1nc1cc(C)c(OC(C)C)c3c1c2CCO3. The number of aryl methyl sites for hydroxylation is 1. The number of hydrogen-bond acceptors (Lipinski definition) is 7. The van der Waals surface area contributed by atoms with Crippen molar-refractivity contribution in [3.63, 3.8) is 0 Å². The van der Waals surface area contributed by atoms with Crippen LogP contribution < -0.4 is 15.0 Å². The summed E-state index contributed by atoms with van der Waals surface area (Å²) in [4.78, 5) is 30.9. The van der Waals surface area contributed by atoms with Crippen molar-refractivity contribution < 1.29 is 24.1 Å². The van der Waals surface area contributed by atoms with Gasteiger partial charge in [-0.15, -0.1) is 0 Å². The molecule has 34 heavy (non-hydrogen) atoms. The van der Waals surface area contributed by atoms with Crippen molar-refractivity contribution in [2.75, 3.05) is 6.61 Å². The van der Waals surface area contributed by atoms with Gasteiger partial charge in [0.1, 0.15) is 6.61 Å². The number of carbonyl (C=O) groups excluding carboxylic acids is 1. The van der Waals surface area contributed by atoms with Gasteiger partial charge in [-0.3, -0.25) is 4.79 Å². The molecular weight excluding hydrogens is 436 g/mol. The summed E-state index contributed by atoms with van der Waals surface area (Å²) < 4.78 is 19.0. The summed E-state index contributed by atoms with van der Waals surface area (Å²) in [5, 5.41) is 12.0. The molecule has 0 bridgehead atoms. The van der Waals surface area contributed by atoms with Crippen molar-refractivity contribution in [2.45, 2.75) is 65.4 Å². The van der Waals surface area contributed by atoms with Crippen LogP contribution in [0.15, 0.2) is 16.9 Å². The van der Waals surface area contributed by atoms with E-state index in [1.54, 1.807) is 17.6 Å². The van der Waals surface area contributed by atoms with Crippen LogP contribution in [0.2, 0.25) is 0 Å². The van der Waals surface area contributed by atoms with Gasteiger partial charge in [-0.05, 0) is 50.5 Å². The van der Waals surface area contributed by atoms with E-state index in [1.165, 1.54) is 0 Å². The summed E-state index contributed by atoms with van der Waals surface area (Å²) >= 11 is 0. The number of ether oxygens (including phenoxy) is 3. The summed E-state index contributed by atoms with van der Waals surface area (Å²) in [6.07, 6.45) is 0.811. The second-order valence-corrected chi connectivity index (χ2v) is 9.53. The van der Waals surface area contributed by atoms with E-state index in [1.807, 2.05) is 26.8 Å². The monoisotopic (exact) mass is 462 g/mol. The summed E-state index contributed by atoms with van der Waals surface area (Å²) in [7, 11) is 0. The van der Waals surface area contributed by atoms with Gasteiger partial charge < -0.3 is 23.9 Å². The van der Waals surface area contributed by atoms with Crippen molar-refractivity contribution in [1.82, 2.24) is 9.55 Å². The lowest BCUT2D eigenvalue weighted by atomic mass is 9.86. The zero-order valence-corrected chi connectivity index (χ0v) is 19.7. The average Bonchev–Trinajstić information content (AvgIpc) is 3.18. The Morgan fingerprint density at radius 2 is 2.00 bits per heavy atom. The molecule has 0 saturated heterocycles. The highest BCUT2D eigenvalue weighted by Gasteiger charge is 2.45. The highest BCUT2D eigenvalue weighted by atomic mass is 16.6. The minimum absolute atomic E-state index is 0.000147. The standard InChI is InChI=1S/C26H26N2O6/c1-5-26(31)17-9-19-21-15(10-28(19)24(29)16(17)11-33-25(26)30)14-6-7-32-23-20(14)18(27-21)8-13(4)22(23)34-12(2)3/h8-9,12,31H,5-7,10-11H2,1-4H3/t26-/m0/s1. The summed E-state index contributed by atoms with van der Waals surface area (Å²) in [6, 6.07) is 3.75. The van der Waals surface area contributed by atoms with Crippen molar-refractivity contribution in [3.8, 4) is 22.9 Å². The molecule has 1 atom stereocenters. The summed E-state index contributed by atoms with van der Waals surface area (Å²) in [5.41, 5.74) is 3.68. The van der Waals surface area contributed by atoms with Gasteiger partial charge >= 0.3 is 5.97 Å². The number of nitrogens with zero attached hydrogens (tertiary/aromatic N) is 2. The first-order chi connectivity index (χ1) is 16.2. The van der Waals surface area contributed by atoms with E-state index in [0.29, 0.717) is 47.8 Å². The number of aliphatic hydroxyl groups is 1. The summed E-state index contributed by atoms with van der Waals surface area (Å²) in [5.74, 6) is 0.723. The molecule has 176 valence electrons. The van der Waals surface area contributed by atoms with Crippen LogP contribution in [-0.2, 0) is 34.7 Å². The van der Waals surface area contributed by atoms with Crippen LogP contribution in [0.4, 0.5) is 0 Å². The van der Waals surface area contributed by atoms with Crippen molar-refractivity contribution in [3.05, 3.63) is 50.3 Å². The lowest BCUT2D eigenvalue weighted by Gasteiger charge is -2.31. The van der Waals surface area contributed by atoms with E-state index >= 15 is 0 Å². The minimum Gasteiger partial charge on any atom is -0.489 e. The molecule has 3 aromatic rings. The van der Waals surface area contributed by atoms with Gasteiger partial charge in [-0.25, -0.2) is 9.78 Å². The molecule has 0 fully saturated rings. The normalized spacial score (nSPS) is 20.0. The van der Waals surface area contributed by atoms with Crippen molar-refractivity contribution in [2.24, 2.45) is 0 Å². The molecule has 0 unspecified atom stereocenters. The maximum absolute atomic E-state index is 13.5. The molecule has 0 amide bonds. The van der Waals surface area contributed by atoms with Crippen LogP contribution in [0.3, 0.4) is 0 Å². The van der Waals surface area contributed by atoms with E-state index in [2.05, 4.69) is 0 Å². The molecule has 5 heterocycles. The molecule has 0 aliphatic carbocycles. The average molecular weight is 463 g/mol. The second kappa shape index (κ2) is 7.06. The zero-order chi connectivity index (χ0) is 23.9. The maximum Gasteiger partial charge on any atom is 0.343 e. The van der Waals surface area contributed by atoms with Gasteiger partial charge in [0.25, 0.3) is 5.56 Å². The topological polar surface area (TPSA) is 99.9 Å². The Hall–Kier alpha value is -3.39. The van der Waals surface area contributed by atoms with Gasteiger partial charge in [0.15, 0.2) is 17.1 Å². The molecule has 0 saturated carbocycles. The molecule has 0 spiro atoms. The molecule has 8 heteroatoms. The number of cyclic esters (lactones) is 1. The molecule has 6 rings (SSSR count). The van der Waals surface area contributed by atoms with Gasteiger partial charge in [-0.1, -0.05) is 6.92 Å². The van der Waals surface area contributed by atoms with E-state index in [0.717, 1.165) is 33.3 Å². The molecule has 1 N–H and O–H groups in total. The fourth-order valence-electron chi connectivity index (χ4n) is 5.46. The molecule has 3 aliphatic heterocycles. The largest absolute Gasteiger partial charge is 0.489 e. The molecule has 8 nitrogen and oxygen atoms in total. The van der Waals surface area contributed by atoms with Gasteiger partial charge in [0, 0.05) is 22.9 Å². The van der Waals surface area contributed by atoms with E-state index < -0.39 is 11.6 Å². The fourth-order valence-corrected chi connectivity index (χ4v) is 5.46. The number of fused-ring (bicyclic) bond motifs is 5. The molecule has 1 aromatic carbocycles. The van der Waals surface area contributed by atoms with Gasteiger partial charge in [0.05, 0.1) is 41.7 Å². The highest BCUT2D eigenvalue weighted by Crippen LogP contribution is 2.47. The van der Waals surface area contributed by atoms with E-state index in [9.17, 15) is 14.7 Å². The first-order valence-electron chi connectivity index (χ1n) is 11.7. The Morgan fingerprint density at radius 1 is 1.21 bits per heavy atom. The predicted octanol–water partition coefficient (Wildman–Crippen LogP) is 3.11. The quantitative estimate of drug-likeness (QED) is 0.467. The molecule has 3 aliphatic rings. The van der Waals surface area contributed by atoms with Gasteiger partial charge in [-0.2, -0.15) is 0 Å². The number of carbonyl (C=O) groups is 1. The van der Waals surface area contributed by atoms with Crippen LogP contribution in [0.1, 0.15) is 55.0 Å². The Morgan fingerprint density at radius 3 is 2.74 bits per heavy atom. The zero-order valence-electron chi connectivity index (χ0n) is 19.7. The Kier molecular flexibility index (Phi) is 4.39. The third-order valence-electron chi connectivity index (χ3n) is 7.14. The van der Waals surface area contributed by atoms with Gasteiger partial charge in [0.2, 0.25) is 0 Å². The number of aromatic nitrogens is 2. The Balaban J connectivity index is 1.63.